The van der Waals surface area contributed by atoms with Crippen molar-refractivity contribution in [3.63, 3.8) is 0 Å². The zero-order chi connectivity index (χ0) is 21.7. The largest absolute Gasteiger partial charge is 0.497 e. The first-order valence-electron chi connectivity index (χ1n) is 9.96. The Hall–Kier alpha value is -2.78. The average molecular weight is 419 g/mol. The smallest absolute Gasteiger partial charge is 0.338 e. The van der Waals surface area contributed by atoms with Crippen molar-refractivity contribution in [2.24, 2.45) is 0 Å². The third-order valence-corrected chi connectivity index (χ3v) is 5.30. The highest BCUT2D eigenvalue weighted by Crippen LogP contribution is 2.37. The monoisotopic (exact) mass is 419 g/mol. The number of benzene rings is 1. The molecule has 1 saturated heterocycles. The fourth-order valence-electron chi connectivity index (χ4n) is 3.67. The summed E-state index contributed by atoms with van der Waals surface area (Å²) in [6, 6.07) is 4.25. The van der Waals surface area contributed by atoms with Gasteiger partial charge in [-0.15, -0.1) is 0 Å². The first kappa shape index (κ1) is 21.9. The SMILES string of the molecule is CCOC(=O)C1=C(CN2CCOCC2)N(C)C(=O)NC1c1cc(OC)ccc1OC. The lowest BCUT2D eigenvalue weighted by Crippen LogP contribution is -2.50. The molecule has 0 saturated carbocycles. The van der Waals surface area contributed by atoms with Crippen LogP contribution in [0.1, 0.15) is 18.5 Å². The Morgan fingerprint density at radius 1 is 1.23 bits per heavy atom. The molecule has 0 spiro atoms. The van der Waals surface area contributed by atoms with Crippen LogP contribution in [0.25, 0.3) is 0 Å². The number of carbonyl (C=O) groups excluding carboxylic acids is 2. The Balaban J connectivity index is 2.12. The number of likely N-dealkylation sites (N-methyl/N-ethyl adjacent to an activating group) is 1. The van der Waals surface area contributed by atoms with E-state index in [0.717, 1.165) is 13.1 Å². The number of hydrogen-bond acceptors (Lipinski definition) is 7. The lowest BCUT2D eigenvalue weighted by atomic mass is 9.93. The van der Waals surface area contributed by atoms with E-state index >= 15 is 0 Å². The minimum atomic E-state index is -0.728. The van der Waals surface area contributed by atoms with E-state index in [1.54, 1.807) is 46.4 Å². The molecule has 3 rings (SSSR count). The van der Waals surface area contributed by atoms with Gasteiger partial charge in [0.1, 0.15) is 11.5 Å². The van der Waals surface area contributed by atoms with Crippen LogP contribution in [0.5, 0.6) is 11.5 Å². The van der Waals surface area contributed by atoms with E-state index < -0.39 is 12.0 Å². The summed E-state index contributed by atoms with van der Waals surface area (Å²) in [5, 5.41) is 2.91. The van der Waals surface area contributed by atoms with Crippen LogP contribution >= 0.6 is 0 Å². The standard InChI is InChI=1S/C21H29N3O6/c1-5-30-20(25)18-16(13-24-8-10-29-11-9-24)23(2)21(26)22-19(18)15-12-14(27-3)6-7-17(15)28-4/h6-7,12,19H,5,8-11,13H2,1-4H3,(H,22,26). The first-order valence-corrected chi connectivity index (χ1v) is 9.96. The maximum atomic E-state index is 13.1. The third-order valence-electron chi connectivity index (χ3n) is 5.30. The fraction of sp³-hybridized carbons (Fsp3) is 0.524. The molecule has 2 amide bonds. The van der Waals surface area contributed by atoms with Gasteiger partial charge in [-0.3, -0.25) is 9.80 Å². The maximum Gasteiger partial charge on any atom is 0.338 e. The molecule has 1 N–H and O–H groups in total. The van der Waals surface area contributed by atoms with Crippen molar-refractivity contribution < 1.29 is 28.5 Å². The summed E-state index contributed by atoms with van der Waals surface area (Å²) in [4.78, 5) is 29.5. The number of carbonyl (C=O) groups is 2. The van der Waals surface area contributed by atoms with Gasteiger partial charge in [0.25, 0.3) is 0 Å². The van der Waals surface area contributed by atoms with Gasteiger partial charge in [0.2, 0.25) is 0 Å². The predicted molar refractivity (Wildman–Crippen MR) is 109 cm³/mol. The number of amides is 2. The molecule has 2 aliphatic rings. The molecule has 9 nitrogen and oxygen atoms in total. The number of ether oxygens (including phenoxy) is 4. The third kappa shape index (κ3) is 4.52. The number of urea groups is 1. The van der Waals surface area contributed by atoms with Crippen molar-refractivity contribution in [1.82, 2.24) is 15.1 Å². The minimum absolute atomic E-state index is 0.229. The molecule has 2 heterocycles. The topological polar surface area (TPSA) is 89.6 Å². The zero-order valence-electron chi connectivity index (χ0n) is 17.9. The number of nitrogens with zero attached hydrogens (tertiary/aromatic N) is 2. The summed E-state index contributed by atoms with van der Waals surface area (Å²) in [5.41, 5.74) is 1.62. The second kappa shape index (κ2) is 9.82. The van der Waals surface area contributed by atoms with Crippen LogP contribution in [-0.2, 0) is 14.3 Å². The van der Waals surface area contributed by atoms with E-state index in [1.165, 1.54) is 4.90 Å². The second-order valence-corrected chi connectivity index (χ2v) is 7.02. The molecule has 30 heavy (non-hydrogen) atoms. The van der Waals surface area contributed by atoms with Gasteiger partial charge in [0.05, 0.1) is 45.7 Å². The van der Waals surface area contributed by atoms with Crippen molar-refractivity contribution in [3.8, 4) is 11.5 Å². The van der Waals surface area contributed by atoms with E-state index in [9.17, 15) is 9.59 Å². The number of esters is 1. The molecule has 1 fully saturated rings. The number of hydrogen-bond donors (Lipinski definition) is 1. The van der Waals surface area contributed by atoms with Crippen LogP contribution in [0, 0.1) is 0 Å². The summed E-state index contributed by atoms with van der Waals surface area (Å²) in [7, 11) is 4.76. The second-order valence-electron chi connectivity index (χ2n) is 7.02. The summed E-state index contributed by atoms with van der Waals surface area (Å²) in [5.74, 6) is 0.664. The Labute approximate surface area is 176 Å². The van der Waals surface area contributed by atoms with E-state index in [2.05, 4.69) is 10.2 Å². The van der Waals surface area contributed by atoms with Gasteiger partial charge in [-0.1, -0.05) is 0 Å². The predicted octanol–water partition coefficient (Wildman–Crippen LogP) is 1.55. The molecular formula is C21H29N3O6. The molecule has 1 aromatic carbocycles. The Bertz CT molecular complexity index is 819. The molecule has 0 bridgehead atoms. The highest BCUT2D eigenvalue weighted by Gasteiger charge is 2.38. The molecule has 1 unspecified atom stereocenters. The molecule has 0 aromatic heterocycles. The summed E-state index contributed by atoms with van der Waals surface area (Å²) < 4.78 is 21.7. The van der Waals surface area contributed by atoms with E-state index in [4.69, 9.17) is 18.9 Å². The normalized spacial score (nSPS) is 20.1. The van der Waals surface area contributed by atoms with E-state index in [0.29, 0.717) is 48.1 Å². The molecule has 1 aromatic rings. The van der Waals surface area contributed by atoms with Crippen LogP contribution in [0.4, 0.5) is 4.79 Å². The Kier molecular flexibility index (Phi) is 7.17. The van der Waals surface area contributed by atoms with Crippen molar-refractivity contribution in [3.05, 3.63) is 35.0 Å². The molecular weight excluding hydrogens is 390 g/mol. The number of rotatable bonds is 7. The van der Waals surface area contributed by atoms with Gasteiger partial charge >= 0.3 is 12.0 Å². The number of methoxy groups -OCH3 is 2. The van der Waals surface area contributed by atoms with Gasteiger partial charge in [0.15, 0.2) is 0 Å². The van der Waals surface area contributed by atoms with Crippen molar-refractivity contribution in [2.75, 3.05) is 60.7 Å². The average Bonchev–Trinajstić information content (AvgIpc) is 2.77. The molecule has 0 radical (unpaired) electrons. The van der Waals surface area contributed by atoms with Crippen molar-refractivity contribution in [2.45, 2.75) is 13.0 Å². The quantitative estimate of drug-likeness (QED) is 0.671. The van der Waals surface area contributed by atoms with Crippen LogP contribution in [0.3, 0.4) is 0 Å². The Morgan fingerprint density at radius 2 is 1.97 bits per heavy atom. The van der Waals surface area contributed by atoms with Crippen LogP contribution in [0.15, 0.2) is 29.5 Å². The van der Waals surface area contributed by atoms with Gasteiger partial charge < -0.3 is 24.3 Å². The van der Waals surface area contributed by atoms with E-state index in [-0.39, 0.29) is 12.6 Å². The molecule has 2 aliphatic heterocycles. The zero-order valence-corrected chi connectivity index (χ0v) is 17.9. The van der Waals surface area contributed by atoms with Crippen LogP contribution in [-0.4, -0.2) is 82.5 Å². The van der Waals surface area contributed by atoms with Gasteiger partial charge in [-0.05, 0) is 25.1 Å². The maximum absolute atomic E-state index is 13.1. The summed E-state index contributed by atoms with van der Waals surface area (Å²) in [6.45, 7) is 5.10. The highest BCUT2D eigenvalue weighted by molar-refractivity contribution is 5.95. The lowest BCUT2D eigenvalue weighted by Gasteiger charge is -2.37. The van der Waals surface area contributed by atoms with Gasteiger partial charge in [-0.25, -0.2) is 9.59 Å². The van der Waals surface area contributed by atoms with Crippen molar-refractivity contribution in [1.29, 1.82) is 0 Å². The lowest BCUT2D eigenvalue weighted by molar-refractivity contribution is -0.139. The molecule has 164 valence electrons. The summed E-state index contributed by atoms with van der Waals surface area (Å²) >= 11 is 0. The Morgan fingerprint density at radius 3 is 2.60 bits per heavy atom. The molecule has 9 heteroatoms. The highest BCUT2D eigenvalue weighted by atomic mass is 16.5. The van der Waals surface area contributed by atoms with Gasteiger partial charge in [0, 0.05) is 37.9 Å². The summed E-state index contributed by atoms with van der Waals surface area (Å²) in [6.07, 6.45) is 0. The fourth-order valence-corrected chi connectivity index (χ4v) is 3.67. The number of morpholine rings is 1. The minimum Gasteiger partial charge on any atom is -0.497 e. The van der Waals surface area contributed by atoms with Crippen molar-refractivity contribution >= 4 is 12.0 Å². The van der Waals surface area contributed by atoms with Gasteiger partial charge in [-0.2, -0.15) is 0 Å². The molecule has 1 atom stereocenters. The van der Waals surface area contributed by atoms with Crippen LogP contribution < -0.4 is 14.8 Å². The molecule has 0 aliphatic carbocycles. The van der Waals surface area contributed by atoms with E-state index in [1.807, 2.05) is 0 Å². The number of nitrogens with one attached hydrogen (secondary N) is 1. The van der Waals surface area contributed by atoms with Crippen LogP contribution in [0.2, 0.25) is 0 Å². The first-order chi connectivity index (χ1) is 14.5.